The Morgan fingerprint density at radius 3 is 2.30 bits per heavy atom. The van der Waals surface area contributed by atoms with E-state index in [1.807, 2.05) is 0 Å². The van der Waals surface area contributed by atoms with Gasteiger partial charge in [-0.3, -0.25) is 9.59 Å². The van der Waals surface area contributed by atoms with E-state index in [-0.39, 0.29) is 24.9 Å². The third-order valence-electron chi connectivity index (χ3n) is 2.73. The number of aromatic carboxylic acids is 1. The van der Waals surface area contributed by atoms with Crippen molar-refractivity contribution in [2.45, 2.75) is 25.4 Å². The Hall–Kier alpha value is -2.41. The maximum atomic E-state index is 11.0. The molecule has 1 aromatic rings. The van der Waals surface area contributed by atoms with Crippen molar-refractivity contribution in [3.8, 4) is 0 Å². The van der Waals surface area contributed by atoms with Gasteiger partial charge in [-0.15, -0.1) is 0 Å². The summed E-state index contributed by atoms with van der Waals surface area (Å²) in [5.74, 6) is -3.34. The van der Waals surface area contributed by atoms with Crippen molar-refractivity contribution in [3.63, 3.8) is 0 Å². The zero-order valence-electron chi connectivity index (χ0n) is 10.6. The zero-order valence-corrected chi connectivity index (χ0v) is 10.6. The number of hydrogen-bond donors (Lipinski definition) is 4. The lowest BCUT2D eigenvalue weighted by Crippen LogP contribution is -2.37. The zero-order chi connectivity index (χ0) is 15.1. The van der Waals surface area contributed by atoms with Crippen LogP contribution < -0.4 is 5.32 Å². The number of nitrogens with one attached hydrogen (secondary N) is 1. The van der Waals surface area contributed by atoms with Gasteiger partial charge in [-0.05, 0) is 18.1 Å². The fraction of sp³-hybridized carbons (Fsp3) is 0.308. The van der Waals surface area contributed by atoms with Crippen molar-refractivity contribution in [1.82, 2.24) is 5.32 Å². The molecule has 0 radical (unpaired) electrons. The Labute approximate surface area is 114 Å². The summed E-state index contributed by atoms with van der Waals surface area (Å²) in [4.78, 5) is 32.4. The molecule has 0 heterocycles. The third kappa shape index (κ3) is 4.69. The summed E-state index contributed by atoms with van der Waals surface area (Å²) in [6.45, 7) is 0.0407. The summed E-state index contributed by atoms with van der Waals surface area (Å²) in [5, 5.41) is 29.2. The van der Waals surface area contributed by atoms with Gasteiger partial charge in [0.25, 0.3) is 0 Å². The van der Waals surface area contributed by atoms with E-state index in [4.69, 9.17) is 15.3 Å². The second-order valence-electron chi connectivity index (χ2n) is 4.17. The van der Waals surface area contributed by atoms with Crippen molar-refractivity contribution >= 4 is 17.9 Å². The van der Waals surface area contributed by atoms with Gasteiger partial charge in [0.15, 0.2) is 0 Å². The average molecular weight is 281 g/mol. The molecule has 1 aromatic carbocycles. The molecule has 0 amide bonds. The van der Waals surface area contributed by atoms with Gasteiger partial charge in [0, 0.05) is 13.0 Å². The monoisotopic (exact) mass is 281 g/mol. The van der Waals surface area contributed by atoms with Gasteiger partial charge < -0.3 is 20.6 Å². The van der Waals surface area contributed by atoms with Gasteiger partial charge in [0.05, 0.1) is 5.56 Å². The van der Waals surface area contributed by atoms with E-state index >= 15 is 0 Å². The topological polar surface area (TPSA) is 124 Å². The Kier molecular flexibility index (Phi) is 5.67. The van der Waals surface area contributed by atoms with Crippen LogP contribution in [-0.2, 0) is 16.1 Å². The Morgan fingerprint density at radius 2 is 1.75 bits per heavy atom. The largest absolute Gasteiger partial charge is 0.481 e. The molecule has 0 aliphatic rings. The normalized spacial score (nSPS) is 11.8. The van der Waals surface area contributed by atoms with Crippen LogP contribution in [0.1, 0.15) is 28.8 Å². The molecule has 1 atom stereocenters. The number of carboxylic acids is 3. The molecule has 0 spiro atoms. The van der Waals surface area contributed by atoms with Crippen LogP contribution in [0.5, 0.6) is 0 Å². The van der Waals surface area contributed by atoms with Crippen molar-refractivity contribution in [2.24, 2.45) is 0 Å². The summed E-state index contributed by atoms with van der Waals surface area (Å²) in [6, 6.07) is 5.19. The highest BCUT2D eigenvalue weighted by Crippen LogP contribution is 2.09. The van der Waals surface area contributed by atoms with E-state index in [1.165, 1.54) is 6.07 Å². The lowest BCUT2D eigenvalue weighted by atomic mass is 10.1. The van der Waals surface area contributed by atoms with Crippen molar-refractivity contribution in [2.75, 3.05) is 0 Å². The van der Waals surface area contributed by atoms with Gasteiger partial charge in [0.2, 0.25) is 0 Å². The van der Waals surface area contributed by atoms with Crippen molar-refractivity contribution in [1.29, 1.82) is 0 Å². The maximum Gasteiger partial charge on any atom is 0.336 e. The molecule has 0 aliphatic heterocycles. The highest BCUT2D eigenvalue weighted by atomic mass is 16.4. The molecule has 1 rings (SSSR count). The smallest absolute Gasteiger partial charge is 0.336 e. The SMILES string of the molecule is O=C(O)CCC(NCc1ccccc1C(=O)O)C(=O)O. The van der Waals surface area contributed by atoms with Gasteiger partial charge in [0.1, 0.15) is 6.04 Å². The number of benzene rings is 1. The molecular formula is C13H15NO6. The van der Waals surface area contributed by atoms with E-state index in [0.717, 1.165) is 0 Å². The average Bonchev–Trinajstić information content (AvgIpc) is 2.38. The minimum Gasteiger partial charge on any atom is -0.481 e. The summed E-state index contributed by atoms with van der Waals surface area (Å²) in [7, 11) is 0. The molecule has 4 N–H and O–H groups in total. The Balaban J connectivity index is 2.70. The highest BCUT2D eigenvalue weighted by molar-refractivity contribution is 5.89. The highest BCUT2D eigenvalue weighted by Gasteiger charge is 2.19. The number of aliphatic carboxylic acids is 2. The minimum atomic E-state index is -1.17. The fourth-order valence-electron chi connectivity index (χ4n) is 1.70. The molecule has 0 fully saturated rings. The molecule has 7 nitrogen and oxygen atoms in total. The van der Waals surface area contributed by atoms with Crippen LogP contribution >= 0.6 is 0 Å². The van der Waals surface area contributed by atoms with Gasteiger partial charge >= 0.3 is 17.9 Å². The first kappa shape index (κ1) is 15.6. The molecule has 108 valence electrons. The quantitative estimate of drug-likeness (QED) is 0.555. The first-order valence-corrected chi connectivity index (χ1v) is 5.91. The second kappa shape index (κ2) is 7.25. The molecule has 0 aliphatic carbocycles. The van der Waals surface area contributed by atoms with Gasteiger partial charge in [-0.25, -0.2) is 4.79 Å². The summed E-state index contributed by atoms with van der Waals surface area (Å²) >= 11 is 0. The van der Waals surface area contributed by atoms with Gasteiger partial charge in [-0.2, -0.15) is 0 Å². The first-order chi connectivity index (χ1) is 9.41. The van der Waals surface area contributed by atoms with E-state index < -0.39 is 23.9 Å². The molecular weight excluding hydrogens is 266 g/mol. The van der Waals surface area contributed by atoms with E-state index in [2.05, 4.69) is 5.32 Å². The number of carboxylic acid groups (broad SMARTS) is 3. The van der Waals surface area contributed by atoms with Gasteiger partial charge in [-0.1, -0.05) is 18.2 Å². The Bertz CT molecular complexity index is 513. The fourth-order valence-corrected chi connectivity index (χ4v) is 1.70. The predicted octanol–water partition coefficient (Wildman–Crippen LogP) is 0.792. The number of rotatable bonds is 8. The minimum absolute atomic E-state index is 0.0407. The number of hydrogen-bond acceptors (Lipinski definition) is 4. The van der Waals surface area contributed by atoms with Crippen LogP contribution in [0.4, 0.5) is 0 Å². The molecule has 0 saturated heterocycles. The van der Waals surface area contributed by atoms with E-state index in [9.17, 15) is 14.4 Å². The summed E-state index contributed by atoms with van der Waals surface area (Å²) < 4.78 is 0. The summed E-state index contributed by atoms with van der Waals surface area (Å²) in [5.41, 5.74) is 0.531. The van der Waals surface area contributed by atoms with Crippen LogP contribution in [0.3, 0.4) is 0 Å². The van der Waals surface area contributed by atoms with Crippen LogP contribution in [0, 0.1) is 0 Å². The van der Waals surface area contributed by atoms with Crippen LogP contribution in [-0.4, -0.2) is 39.3 Å². The molecule has 0 bridgehead atoms. The lowest BCUT2D eigenvalue weighted by molar-refractivity contribution is -0.140. The standard InChI is InChI=1S/C13H15NO6/c15-11(16)6-5-10(13(19)20)14-7-8-3-1-2-4-9(8)12(17)18/h1-4,10,14H,5-7H2,(H,15,16)(H,17,18)(H,19,20). The van der Waals surface area contributed by atoms with Crippen molar-refractivity contribution < 1.29 is 29.7 Å². The van der Waals surface area contributed by atoms with Crippen LogP contribution in [0.25, 0.3) is 0 Å². The Morgan fingerprint density at radius 1 is 1.10 bits per heavy atom. The predicted molar refractivity (Wildman–Crippen MR) is 68.5 cm³/mol. The molecule has 7 heteroatoms. The maximum absolute atomic E-state index is 11.0. The summed E-state index contributed by atoms with van der Waals surface area (Å²) in [6.07, 6.45) is -0.343. The first-order valence-electron chi connectivity index (χ1n) is 5.91. The van der Waals surface area contributed by atoms with Crippen LogP contribution in [0.15, 0.2) is 24.3 Å². The van der Waals surface area contributed by atoms with Crippen LogP contribution in [0.2, 0.25) is 0 Å². The molecule has 20 heavy (non-hydrogen) atoms. The van der Waals surface area contributed by atoms with E-state index in [0.29, 0.717) is 5.56 Å². The molecule has 0 saturated carbocycles. The molecule has 0 aromatic heterocycles. The number of carbonyl (C=O) groups is 3. The molecule has 1 unspecified atom stereocenters. The third-order valence-corrected chi connectivity index (χ3v) is 2.73. The second-order valence-corrected chi connectivity index (χ2v) is 4.17. The lowest BCUT2D eigenvalue weighted by Gasteiger charge is -2.14. The van der Waals surface area contributed by atoms with Crippen molar-refractivity contribution in [3.05, 3.63) is 35.4 Å². The van der Waals surface area contributed by atoms with E-state index in [1.54, 1.807) is 18.2 Å².